The fraction of sp³-hybridized carbons (Fsp3) is 0.367. The maximum absolute atomic E-state index is 13.8. The highest BCUT2D eigenvalue weighted by atomic mass is 19.4. The van der Waals surface area contributed by atoms with Gasteiger partial charge in [0.15, 0.2) is 5.75 Å². The predicted molar refractivity (Wildman–Crippen MR) is 158 cm³/mol. The predicted octanol–water partition coefficient (Wildman–Crippen LogP) is 4.85. The summed E-state index contributed by atoms with van der Waals surface area (Å²) in [4.78, 5) is 28.6. The number of nitrogens with one attached hydrogen (secondary N) is 1. The number of piperazine rings is 1. The van der Waals surface area contributed by atoms with Crippen molar-refractivity contribution >= 4 is 28.4 Å². The van der Waals surface area contributed by atoms with Crippen LogP contribution in [0.3, 0.4) is 0 Å². The molecule has 4 aromatic rings. The van der Waals surface area contributed by atoms with Gasteiger partial charge in [-0.1, -0.05) is 12.1 Å². The van der Waals surface area contributed by atoms with Crippen LogP contribution in [0.2, 0.25) is 0 Å². The second kappa shape index (κ2) is 12.1. The largest absolute Gasteiger partial charge is 0.494 e. The number of hydrogen-bond acceptors (Lipinski definition) is 8. The Morgan fingerprint density at radius 2 is 1.81 bits per heavy atom. The number of likely N-dealkylation sites (N-methyl/N-ethyl adjacent to an activating group) is 1. The lowest BCUT2D eigenvalue weighted by atomic mass is 10.1. The van der Waals surface area contributed by atoms with Crippen molar-refractivity contribution in [3.05, 3.63) is 65.5 Å². The van der Waals surface area contributed by atoms with Gasteiger partial charge in [0.05, 0.1) is 23.9 Å². The molecule has 2 aromatic carbocycles. The van der Waals surface area contributed by atoms with Gasteiger partial charge in [0.25, 0.3) is 5.91 Å². The van der Waals surface area contributed by atoms with E-state index in [0.717, 1.165) is 38.3 Å². The number of benzene rings is 2. The Morgan fingerprint density at radius 3 is 2.49 bits per heavy atom. The van der Waals surface area contributed by atoms with Crippen LogP contribution < -0.4 is 19.7 Å². The van der Waals surface area contributed by atoms with Gasteiger partial charge in [0.1, 0.15) is 11.4 Å². The van der Waals surface area contributed by atoms with Crippen molar-refractivity contribution in [3.8, 4) is 17.4 Å². The lowest BCUT2D eigenvalue weighted by Crippen LogP contribution is -2.45. The molecule has 0 aliphatic carbocycles. The Hall–Kier alpha value is -4.36. The first-order valence-corrected chi connectivity index (χ1v) is 13.7. The van der Waals surface area contributed by atoms with Crippen molar-refractivity contribution in [2.45, 2.75) is 12.7 Å². The molecule has 1 N–H and O–H groups in total. The highest BCUT2D eigenvalue weighted by Gasteiger charge is 2.33. The molecular formula is C30H34F3N7O3. The molecule has 1 fully saturated rings. The molecule has 0 atom stereocenters. The summed E-state index contributed by atoms with van der Waals surface area (Å²) in [5.41, 5.74) is 0.190. The fourth-order valence-corrected chi connectivity index (χ4v) is 5.17. The van der Waals surface area contributed by atoms with Crippen LogP contribution in [0.5, 0.6) is 17.4 Å². The average Bonchev–Trinajstić information content (AvgIpc) is 3.30. The van der Waals surface area contributed by atoms with E-state index in [4.69, 9.17) is 9.47 Å². The van der Waals surface area contributed by atoms with E-state index < -0.39 is 17.6 Å². The van der Waals surface area contributed by atoms with Gasteiger partial charge >= 0.3 is 6.18 Å². The smallest absolute Gasteiger partial charge is 0.416 e. The number of alkyl halides is 3. The zero-order chi connectivity index (χ0) is 30.9. The summed E-state index contributed by atoms with van der Waals surface area (Å²) in [5, 5.41) is 3.36. The second-order valence-electron chi connectivity index (χ2n) is 10.8. The Kier molecular flexibility index (Phi) is 8.47. The highest BCUT2D eigenvalue weighted by Crippen LogP contribution is 2.39. The number of methoxy groups -OCH3 is 1. The first-order chi connectivity index (χ1) is 20.4. The minimum Gasteiger partial charge on any atom is -0.494 e. The molecule has 1 aliphatic rings. The zero-order valence-corrected chi connectivity index (χ0v) is 24.7. The molecular weight excluding hydrogens is 563 g/mol. The molecule has 1 saturated heterocycles. The van der Waals surface area contributed by atoms with Crippen molar-refractivity contribution in [2.75, 3.05) is 64.6 Å². The van der Waals surface area contributed by atoms with Crippen LogP contribution in [0.1, 0.15) is 21.6 Å². The van der Waals surface area contributed by atoms with Crippen LogP contribution >= 0.6 is 0 Å². The van der Waals surface area contributed by atoms with Crippen LogP contribution in [-0.4, -0.2) is 84.7 Å². The third kappa shape index (κ3) is 6.52. The van der Waals surface area contributed by atoms with Crippen molar-refractivity contribution < 1.29 is 27.4 Å². The summed E-state index contributed by atoms with van der Waals surface area (Å²) in [6.45, 7) is 3.61. The van der Waals surface area contributed by atoms with Gasteiger partial charge in [0.2, 0.25) is 11.8 Å². The maximum atomic E-state index is 13.8. The fourth-order valence-electron chi connectivity index (χ4n) is 5.17. The first-order valence-electron chi connectivity index (χ1n) is 13.7. The Bertz CT molecular complexity index is 1630. The third-order valence-corrected chi connectivity index (χ3v) is 7.30. The van der Waals surface area contributed by atoms with Crippen molar-refractivity contribution in [1.29, 1.82) is 0 Å². The van der Waals surface area contributed by atoms with E-state index in [1.54, 1.807) is 61.1 Å². The number of fused-ring (bicyclic) bond motifs is 1. The summed E-state index contributed by atoms with van der Waals surface area (Å²) in [5.74, 6) is 0.960. The van der Waals surface area contributed by atoms with E-state index in [2.05, 4.69) is 32.1 Å². The van der Waals surface area contributed by atoms with Gasteiger partial charge in [-0.2, -0.15) is 18.2 Å². The summed E-state index contributed by atoms with van der Waals surface area (Å²) >= 11 is 0. The molecule has 0 radical (unpaired) electrons. The van der Waals surface area contributed by atoms with Crippen LogP contribution in [0.25, 0.3) is 10.9 Å². The SMILES string of the molecule is COc1c(CN(C)C)cc(C(F)(F)F)cc1NC(=O)c1cc2cccc(Oc3ccnc(N4CCN(C)CC4)n3)c2n1C. The topological polar surface area (TPSA) is 88.0 Å². The van der Waals surface area contributed by atoms with Gasteiger partial charge in [0, 0.05) is 63.0 Å². The quantitative estimate of drug-likeness (QED) is 0.309. The molecule has 1 aliphatic heterocycles. The number of rotatable bonds is 8. The number of amides is 1. The number of ether oxygens (including phenoxy) is 2. The summed E-state index contributed by atoms with van der Waals surface area (Å²) in [6.07, 6.45) is -2.96. The molecule has 0 spiro atoms. The van der Waals surface area contributed by atoms with Gasteiger partial charge in [-0.15, -0.1) is 0 Å². The number of aryl methyl sites for hydroxylation is 1. The Labute approximate surface area is 247 Å². The Morgan fingerprint density at radius 1 is 1.07 bits per heavy atom. The van der Waals surface area contributed by atoms with Gasteiger partial charge in [-0.3, -0.25) is 4.79 Å². The van der Waals surface area contributed by atoms with Crippen molar-refractivity contribution in [2.24, 2.45) is 7.05 Å². The van der Waals surface area contributed by atoms with Gasteiger partial charge in [-0.05, 0) is 45.4 Å². The number of anilines is 2. The minimum absolute atomic E-state index is 0.0710. The van der Waals surface area contributed by atoms with E-state index >= 15 is 0 Å². The molecule has 0 unspecified atom stereocenters. The minimum atomic E-state index is -4.61. The first kappa shape index (κ1) is 30.1. The number of carbonyl (C=O) groups is 1. The summed E-state index contributed by atoms with van der Waals surface area (Å²) in [6, 6.07) is 10.6. The van der Waals surface area contributed by atoms with E-state index in [9.17, 15) is 18.0 Å². The number of para-hydroxylation sites is 1. The normalized spacial score (nSPS) is 14.4. The number of nitrogens with zero attached hydrogens (tertiary/aromatic N) is 6. The van der Waals surface area contributed by atoms with E-state index in [1.165, 1.54) is 7.11 Å². The van der Waals surface area contributed by atoms with Gasteiger partial charge in [-0.25, -0.2) is 4.98 Å². The lowest BCUT2D eigenvalue weighted by molar-refractivity contribution is -0.137. The number of hydrogen-bond donors (Lipinski definition) is 1. The zero-order valence-electron chi connectivity index (χ0n) is 24.7. The third-order valence-electron chi connectivity index (χ3n) is 7.30. The number of aromatic nitrogens is 3. The second-order valence-corrected chi connectivity index (χ2v) is 10.8. The lowest BCUT2D eigenvalue weighted by Gasteiger charge is -2.32. The van der Waals surface area contributed by atoms with Crippen molar-refractivity contribution in [1.82, 2.24) is 24.3 Å². The maximum Gasteiger partial charge on any atom is 0.416 e. The van der Waals surface area contributed by atoms with E-state index in [1.807, 2.05) is 6.07 Å². The summed E-state index contributed by atoms with van der Waals surface area (Å²) in [7, 11) is 8.61. The van der Waals surface area contributed by atoms with Crippen LogP contribution in [-0.2, 0) is 19.8 Å². The molecule has 0 bridgehead atoms. The number of halogens is 3. The molecule has 1 amide bonds. The molecule has 0 saturated carbocycles. The van der Waals surface area contributed by atoms with Crippen LogP contribution in [0, 0.1) is 0 Å². The molecule has 228 valence electrons. The highest BCUT2D eigenvalue weighted by molar-refractivity contribution is 6.07. The standard InChI is InChI=1S/C30H34F3N7O3/c1-37(2)18-20-15-21(30(31,32)33)17-22(27(20)42-5)35-28(41)23-16-19-7-6-8-24(26(19)39(23)4)43-25-9-10-34-29(36-25)40-13-11-38(3)12-14-40/h6-10,15-17H,11-14,18H2,1-5H3,(H,35,41). The molecule has 43 heavy (non-hydrogen) atoms. The average molecular weight is 598 g/mol. The van der Waals surface area contributed by atoms with Crippen LogP contribution in [0.15, 0.2) is 48.7 Å². The molecule has 10 nitrogen and oxygen atoms in total. The Balaban J connectivity index is 1.45. The molecule has 2 aromatic heterocycles. The monoisotopic (exact) mass is 597 g/mol. The van der Waals surface area contributed by atoms with Crippen LogP contribution in [0.4, 0.5) is 24.8 Å². The van der Waals surface area contributed by atoms with E-state index in [-0.39, 0.29) is 23.7 Å². The molecule has 13 heteroatoms. The molecule has 3 heterocycles. The van der Waals surface area contributed by atoms with Gasteiger partial charge < -0.3 is 34.1 Å². The summed E-state index contributed by atoms with van der Waals surface area (Å²) < 4.78 is 54.6. The van der Waals surface area contributed by atoms with Crippen molar-refractivity contribution in [3.63, 3.8) is 0 Å². The van der Waals surface area contributed by atoms with E-state index in [0.29, 0.717) is 34.0 Å². The molecule has 5 rings (SSSR count). The number of carbonyl (C=O) groups excluding carboxylic acids is 1.